The van der Waals surface area contributed by atoms with Gasteiger partial charge in [-0.3, -0.25) is 14.9 Å². The van der Waals surface area contributed by atoms with Crippen LogP contribution in [-0.4, -0.2) is 22.3 Å². The van der Waals surface area contributed by atoms with E-state index in [2.05, 4.69) is 0 Å². The van der Waals surface area contributed by atoms with E-state index in [0.717, 1.165) is 17.5 Å². The molecule has 2 aromatic carbocycles. The van der Waals surface area contributed by atoms with Crippen LogP contribution in [0.4, 0.5) is 10.1 Å². The van der Waals surface area contributed by atoms with E-state index in [1.54, 1.807) is 29.2 Å². The van der Waals surface area contributed by atoms with Gasteiger partial charge < -0.3 is 4.90 Å². The summed E-state index contributed by atoms with van der Waals surface area (Å²) >= 11 is 0. The molecule has 25 heavy (non-hydrogen) atoms. The van der Waals surface area contributed by atoms with Crippen molar-refractivity contribution in [3.05, 3.63) is 75.6 Å². The van der Waals surface area contributed by atoms with Crippen LogP contribution in [0.2, 0.25) is 0 Å². The van der Waals surface area contributed by atoms with Crippen LogP contribution in [0.25, 0.3) is 0 Å². The molecule has 0 saturated carbocycles. The Labute approximate surface area is 146 Å². The lowest BCUT2D eigenvalue weighted by Crippen LogP contribution is -2.31. The summed E-state index contributed by atoms with van der Waals surface area (Å²) in [5.74, 6) is -0.314. The molecule has 0 heterocycles. The molecule has 2 aromatic rings. The van der Waals surface area contributed by atoms with Gasteiger partial charge in [-0.15, -0.1) is 0 Å². The largest absolute Gasteiger partial charge is 0.338 e. The van der Waals surface area contributed by atoms with Crippen molar-refractivity contribution in [1.29, 1.82) is 0 Å². The van der Waals surface area contributed by atoms with E-state index >= 15 is 0 Å². The molecule has 0 radical (unpaired) electrons. The number of hydrogen-bond acceptors (Lipinski definition) is 3. The fourth-order valence-electron chi connectivity index (χ4n) is 2.61. The number of nitro benzene ring substituents is 1. The van der Waals surface area contributed by atoms with Gasteiger partial charge in [0.05, 0.1) is 4.92 Å². The van der Waals surface area contributed by atoms with Crippen LogP contribution in [0, 0.1) is 15.9 Å². The Bertz CT molecular complexity index is 732. The van der Waals surface area contributed by atoms with Crippen molar-refractivity contribution in [1.82, 2.24) is 4.90 Å². The van der Waals surface area contributed by atoms with E-state index < -0.39 is 4.92 Å². The van der Waals surface area contributed by atoms with E-state index in [-0.39, 0.29) is 17.4 Å². The molecule has 0 unspecified atom stereocenters. The summed E-state index contributed by atoms with van der Waals surface area (Å²) < 4.78 is 12.9. The maximum absolute atomic E-state index is 12.9. The number of amides is 1. The van der Waals surface area contributed by atoms with Crippen LogP contribution in [-0.2, 0) is 17.8 Å². The van der Waals surface area contributed by atoms with Crippen LogP contribution in [0.3, 0.4) is 0 Å². The highest BCUT2D eigenvalue weighted by Gasteiger charge is 2.15. The molecule has 0 aromatic heterocycles. The van der Waals surface area contributed by atoms with Crippen molar-refractivity contribution in [2.75, 3.05) is 6.54 Å². The summed E-state index contributed by atoms with van der Waals surface area (Å²) in [5.41, 5.74) is 1.66. The molecular weight excluding hydrogens is 323 g/mol. The zero-order chi connectivity index (χ0) is 18.2. The van der Waals surface area contributed by atoms with Crippen molar-refractivity contribution < 1.29 is 14.1 Å². The fraction of sp³-hybridized carbons (Fsp3) is 0.316. The number of hydrogen-bond donors (Lipinski definition) is 0. The lowest BCUT2D eigenvalue weighted by Gasteiger charge is -2.22. The van der Waals surface area contributed by atoms with E-state index in [4.69, 9.17) is 0 Å². The van der Waals surface area contributed by atoms with Gasteiger partial charge in [0.2, 0.25) is 5.91 Å². The van der Waals surface area contributed by atoms with E-state index in [1.165, 1.54) is 24.3 Å². The van der Waals surface area contributed by atoms with Gasteiger partial charge in [0, 0.05) is 31.6 Å². The highest BCUT2D eigenvalue weighted by atomic mass is 19.1. The second kappa shape index (κ2) is 8.92. The first kappa shape index (κ1) is 18.6. The average Bonchev–Trinajstić information content (AvgIpc) is 2.61. The zero-order valence-electron chi connectivity index (χ0n) is 14.2. The van der Waals surface area contributed by atoms with Gasteiger partial charge >= 0.3 is 0 Å². The summed E-state index contributed by atoms with van der Waals surface area (Å²) in [6.07, 6.45) is 1.66. The number of nitro groups is 1. The maximum atomic E-state index is 12.9. The fourth-order valence-corrected chi connectivity index (χ4v) is 2.61. The number of rotatable bonds is 8. The normalized spacial score (nSPS) is 10.5. The summed E-state index contributed by atoms with van der Waals surface area (Å²) in [6, 6.07) is 12.4. The number of benzene rings is 2. The summed E-state index contributed by atoms with van der Waals surface area (Å²) in [5, 5.41) is 10.9. The third-order valence-electron chi connectivity index (χ3n) is 3.88. The van der Waals surface area contributed by atoms with E-state index in [9.17, 15) is 19.3 Å². The number of non-ortho nitro benzene ring substituents is 1. The van der Waals surface area contributed by atoms with E-state index in [0.29, 0.717) is 25.9 Å². The predicted octanol–water partition coefficient (Wildman–Crippen LogP) is 4.11. The quantitative estimate of drug-likeness (QED) is 0.535. The Morgan fingerprint density at radius 2 is 1.88 bits per heavy atom. The summed E-state index contributed by atoms with van der Waals surface area (Å²) in [6.45, 7) is 2.91. The molecule has 0 saturated heterocycles. The minimum absolute atomic E-state index is 0.0160. The van der Waals surface area contributed by atoms with Crippen molar-refractivity contribution in [3.8, 4) is 0 Å². The van der Waals surface area contributed by atoms with Crippen LogP contribution in [0.15, 0.2) is 48.5 Å². The van der Waals surface area contributed by atoms with Gasteiger partial charge in [-0.2, -0.15) is 0 Å². The first-order chi connectivity index (χ1) is 12.0. The Morgan fingerprint density at radius 3 is 2.52 bits per heavy atom. The Kier molecular flexibility index (Phi) is 6.62. The van der Waals surface area contributed by atoms with Gasteiger partial charge in [-0.1, -0.05) is 31.2 Å². The molecule has 0 spiro atoms. The zero-order valence-corrected chi connectivity index (χ0v) is 14.2. The molecule has 0 aliphatic carbocycles. The lowest BCUT2D eigenvalue weighted by atomic mass is 10.1. The van der Waals surface area contributed by atoms with Crippen LogP contribution in [0.1, 0.15) is 30.9 Å². The second-order valence-corrected chi connectivity index (χ2v) is 5.87. The van der Waals surface area contributed by atoms with Crippen LogP contribution >= 0.6 is 0 Å². The molecule has 0 aliphatic rings. The average molecular weight is 344 g/mol. The van der Waals surface area contributed by atoms with Crippen LogP contribution < -0.4 is 0 Å². The van der Waals surface area contributed by atoms with Gasteiger partial charge in [-0.05, 0) is 36.1 Å². The van der Waals surface area contributed by atoms with Crippen molar-refractivity contribution in [3.63, 3.8) is 0 Å². The molecule has 0 fully saturated rings. The minimum atomic E-state index is -0.440. The Morgan fingerprint density at radius 1 is 1.16 bits per heavy atom. The van der Waals surface area contributed by atoms with Gasteiger partial charge in [0.25, 0.3) is 5.69 Å². The third-order valence-corrected chi connectivity index (χ3v) is 3.88. The predicted molar refractivity (Wildman–Crippen MR) is 93.5 cm³/mol. The maximum Gasteiger partial charge on any atom is 0.269 e. The molecule has 2 rings (SSSR count). The van der Waals surface area contributed by atoms with Crippen molar-refractivity contribution in [2.24, 2.45) is 0 Å². The number of halogens is 1. The van der Waals surface area contributed by atoms with Gasteiger partial charge in [0.1, 0.15) is 5.82 Å². The van der Waals surface area contributed by atoms with Crippen molar-refractivity contribution >= 4 is 11.6 Å². The minimum Gasteiger partial charge on any atom is -0.338 e. The molecule has 0 aliphatic heterocycles. The Hall–Kier alpha value is -2.76. The number of aryl methyl sites for hydroxylation is 1. The molecule has 132 valence electrons. The van der Waals surface area contributed by atoms with E-state index in [1.807, 2.05) is 6.92 Å². The third kappa shape index (κ3) is 5.67. The number of nitrogens with zero attached hydrogens (tertiary/aromatic N) is 2. The first-order valence-corrected chi connectivity index (χ1v) is 8.25. The van der Waals surface area contributed by atoms with Crippen molar-refractivity contribution in [2.45, 2.75) is 32.7 Å². The smallest absolute Gasteiger partial charge is 0.269 e. The number of carbonyl (C=O) groups is 1. The topological polar surface area (TPSA) is 63.4 Å². The monoisotopic (exact) mass is 344 g/mol. The summed E-state index contributed by atoms with van der Waals surface area (Å²) in [4.78, 5) is 24.7. The first-order valence-electron chi connectivity index (χ1n) is 8.25. The van der Waals surface area contributed by atoms with Crippen LogP contribution in [0.5, 0.6) is 0 Å². The van der Waals surface area contributed by atoms with Gasteiger partial charge in [0.15, 0.2) is 0 Å². The standard InChI is InChI=1S/C19H21FN2O3/c1-2-12-21(14-16-4-3-5-18(13-16)22(24)25)19(23)11-8-15-6-9-17(20)10-7-15/h3-7,9-10,13H,2,8,11-12,14H2,1H3. The molecule has 0 bridgehead atoms. The Balaban J connectivity index is 2.01. The highest BCUT2D eigenvalue weighted by molar-refractivity contribution is 5.76. The molecule has 0 N–H and O–H groups in total. The molecule has 1 amide bonds. The summed E-state index contributed by atoms with van der Waals surface area (Å²) in [7, 11) is 0. The molecule has 6 heteroatoms. The molecule has 5 nitrogen and oxygen atoms in total. The highest BCUT2D eigenvalue weighted by Crippen LogP contribution is 2.16. The SMILES string of the molecule is CCCN(Cc1cccc([N+](=O)[O-])c1)C(=O)CCc1ccc(F)cc1. The molecule has 0 atom stereocenters. The van der Waals surface area contributed by atoms with Gasteiger partial charge in [-0.25, -0.2) is 4.39 Å². The second-order valence-electron chi connectivity index (χ2n) is 5.87. The lowest BCUT2D eigenvalue weighted by molar-refractivity contribution is -0.384. The molecular formula is C19H21FN2O3. The number of carbonyl (C=O) groups excluding carboxylic acids is 1.